The number of aromatic nitrogens is 2. The third kappa shape index (κ3) is 2.88. The van der Waals surface area contributed by atoms with Crippen molar-refractivity contribution in [1.82, 2.24) is 9.97 Å². The molecule has 17 heavy (non-hydrogen) atoms. The number of nitrogens with zero attached hydrogens (tertiary/aromatic N) is 2. The summed E-state index contributed by atoms with van der Waals surface area (Å²) >= 11 is 10.9. The number of anilines is 1. The summed E-state index contributed by atoms with van der Waals surface area (Å²) < 4.78 is 1.07. The molecule has 0 aliphatic rings. The third-order valence-corrected chi connectivity index (χ3v) is 4.08. The monoisotopic (exact) mass is 333 g/mol. The van der Waals surface area contributed by atoms with Crippen LogP contribution in [0.15, 0.2) is 26.4 Å². The molecule has 0 fully saturated rings. The second-order valence-corrected chi connectivity index (χ2v) is 6.15. The van der Waals surface area contributed by atoms with E-state index in [1.54, 1.807) is 11.3 Å². The van der Waals surface area contributed by atoms with Crippen molar-refractivity contribution in [2.24, 2.45) is 0 Å². The van der Waals surface area contributed by atoms with E-state index in [0.717, 1.165) is 9.35 Å². The van der Waals surface area contributed by atoms with E-state index in [1.807, 2.05) is 23.4 Å². The summed E-state index contributed by atoms with van der Waals surface area (Å²) in [4.78, 5) is 19.7. The van der Waals surface area contributed by atoms with Gasteiger partial charge in [-0.1, -0.05) is 11.6 Å². The van der Waals surface area contributed by atoms with Crippen LogP contribution in [0, 0.1) is 0 Å². The molecule has 1 N–H and O–H groups in total. The summed E-state index contributed by atoms with van der Waals surface area (Å²) in [6, 6.07) is 2.03. The smallest absolute Gasteiger partial charge is 0.271 e. The quantitative estimate of drug-likeness (QED) is 0.939. The molecule has 2 aromatic rings. The molecule has 0 aliphatic heterocycles. The Morgan fingerprint density at radius 3 is 3.06 bits per heavy atom. The molecule has 2 aromatic heterocycles. The molecule has 0 radical (unpaired) electrons. The average molecular weight is 335 g/mol. The fraction of sp³-hybridized carbons (Fsp3) is 0.200. The number of nitrogens with one attached hydrogen (secondary N) is 1. The number of thiophene rings is 1. The topological polar surface area (TPSA) is 49.0 Å². The van der Waals surface area contributed by atoms with Crippen LogP contribution < -0.4 is 10.5 Å². The maximum Gasteiger partial charge on any atom is 0.271 e. The second-order valence-electron chi connectivity index (χ2n) is 3.48. The van der Waals surface area contributed by atoms with Gasteiger partial charge in [-0.25, -0.2) is 4.98 Å². The first-order valence-electron chi connectivity index (χ1n) is 4.75. The highest BCUT2D eigenvalue weighted by Crippen LogP contribution is 2.24. The summed E-state index contributed by atoms with van der Waals surface area (Å²) in [7, 11) is 1.85. The van der Waals surface area contributed by atoms with Crippen LogP contribution in [0.3, 0.4) is 0 Å². The van der Waals surface area contributed by atoms with Gasteiger partial charge in [0.15, 0.2) is 5.82 Å². The van der Waals surface area contributed by atoms with Crippen molar-refractivity contribution >= 4 is 44.7 Å². The van der Waals surface area contributed by atoms with Crippen molar-refractivity contribution in [3.8, 4) is 0 Å². The minimum absolute atomic E-state index is 0.115. The molecule has 4 nitrogen and oxygen atoms in total. The molecular weight excluding hydrogens is 326 g/mol. The molecular formula is C10H9BrClN3OS. The van der Waals surface area contributed by atoms with E-state index in [-0.39, 0.29) is 10.6 Å². The predicted molar refractivity (Wildman–Crippen MR) is 74.0 cm³/mol. The number of H-pyrrole nitrogens is 1. The molecule has 0 aliphatic carbocycles. The van der Waals surface area contributed by atoms with Gasteiger partial charge >= 0.3 is 0 Å². The molecule has 0 spiro atoms. The Bertz CT molecular complexity index is 583. The summed E-state index contributed by atoms with van der Waals surface area (Å²) in [6.45, 7) is 0.651. The molecule has 2 heterocycles. The number of halogens is 2. The maximum atomic E-state index is 11.3. The van der Waals surface area contributed by atoms with Gasteiger partial charge < -0.3 is 9.88 Å². The lowest BCUT2D eigenvalue weighted by Gasteiger charge is -2.17. The highest BCUT2D eigenvalue weighted by molar-refractivity contribution is 9.11. The zero-order valence-electron chi connectivity index (χ0n) is 8.91. The van der Waals surface area contributed by atoms with E-state index in [9.17, 15) is 4.79 Å². The van der Waals surface area contributed by atoms with Crippen LogP contribution in [0.5, 0.6) is 0 Å². The van der Waals surface area contributed by atoms with Crippen LogP contribution in [0.4, 0.5) is 5.82 Å². The lowest BCUT2D eigenvalue weighted by Crippen LogP contribution is -2.21. The zero-order valence-corrected chi connectivity index (χ0v) is 12.1. The fourth-order valence-corrected chi connectivity index (χ4v) is 2.87. The van der Waals surface area contributed by atoms with E-state index < -0.39 is 0 Å². The normalized spacial score (nSPS) is 10.5. The van der Waals surface area contributed by atoms with Gasteiger partial charge in [-0.15, -0.1) is 11.3 Å². The standard InChI is InChI=1S/C10H9BrClN3OS/c1-15(3-6-2-7(11)17-4-6)9-8(12)10(16)14-5-13-9/h2,4-5H,3H2,1H3,(H,13,14,16). The molecule has 0 unspecified atom stereocenters. The van der Waals surface area contributed by atoms with Crippen molar-refractivity contribution in [2.45, 2.75) is 6.54 Å². The zero-order chi connectivity index (χ0) is 12.4. The predicted octanol–water partition coefficient (Wildman–Crippen LogP) is 2.88. The van der Waals surface area contributed by atoms with Gasteiger partial charge in [-0.05, 0) is 32.9 Å². The minimum Gasteiger partial charge on any atom is -0.354 e. The molecule has 0 aromatic carbocycles. The highest BCUT2D eigenvalue weighted by Gasteiger charge is 2.11. The van der Waals surface area contributed by atoms with Crippen LogP contribution >= 0.6 is 38.9 Å². The molecule has 0 bridgehead atoms. The van der Waals surface area contributed by atoms with Crippen LogP contribution in [0.25, 0.3) is 0 Å². The molecule has 0 saturated carbocycles. The molecule has 90 valence electrons. The van der Waals surface area contributed by atoms with Crippen molar-refractivity contribution in [2.75, 3.05) is 11.9 Å². The number of hydrogen-bond donors (Lipinski definition) is 1. The van der Waals surface area contributed by atoms with E-state index in [1.165, 1.54) is 6.33 Å². The molecule has 0 atom stereocenters. The van der Waals surface area contributed by atoms with Crippen molar-refractivity contribution in [3.63, 3.8) is 0 Å². The van der Waals surface area contributed by atoms with Crippen LogP contribution in [-0.2, 0) is 6.54 Å². The number of aromatic amines is 1. The molecule has 0 amide bonds. The Balaban J connectivity index is 2.23. The Morgan fingerprint density at radius 1 is 1.65 bits per heavy atom. The maximum absolute atomic E-state index is 11.3. The van der Waals surface area contributed by atoms with E-state index in [0.29, 0.717) is 12.4 Å². The molecule has 0 saturated heterocycles. The fourth-order valence-electron chi connectivity index (χ4n) is 1.42. The number of hydrogen-bond acceptors (Lipinski definition) is 4. The third-order valence-electron chi connectivity index (χ3n) is 2.18. The van der Waals surface area contributed by atoms with Gasteiger partial charge in [0, 0.05) is 13.6 Å². The first-order chi connectivity index (χ1) is 8.08. The van der Waals surface area contributed by atoms with Gasteiger partial charge in [0.05, 0.1) is 10.1 Å². The lowest BCUT2D eigenvalue weighted by molar-refractivity contribution is 0.890. The van der Waals surface area contributed by atoms with E-state index in [4.69, 9.17) is 11.6 Å². The minimum atomic E-state index is -0.324. The van der Waals surface area contributed by atoms with Crippen LogP contribution in [0.1, 0.15) is 5.56 Å². The highest BCUT2D eigenvalue weighted by atomic mass is 79.9. The van der Waals surface area contributed by atoms with E-state index >= 15 is 0 Å². The largest absolute Gasteiger partial charge is 0.354 e. The van der Waals surface area contributed by atoms with E-state index in [2.05, 4.69) is 25.9 Å². The Morgan fingerprint density at radius 2 is 2.41 bits per heavy atom. The summed E-state index contributed by atoms with van der Waals surface area (Å²) in [6.07, 6.45) is 1.35. The van der Waals surface area contributed by atoms with Crippen LogP contribution in [0.2, 0.25) is 5.02 Å². The first-order valence-corrected chi connectivity index (χ1v) is 6.80. The van der Waals surface area contributed by atoms with Crippen molar-refractivity contribution < 1.29 is 0 Å². The average Bonchev–Trinajstić information content (AvgIpc) is 2.68. The van der Waals surface area contributed by atoms with Gasteiger partial charge in [0.2, 0.25) is 0 Å². The van der Waals surface area contributed by atoms with Gasteiger partial charge in [-0.3, -0.25) is 4.79 Å². The summed E-state index contributed by atoms with van der Waals surface area (Å²) in [5.74, 6) is 0.484. The number of rotatable bonds is 3. The molecule has 2 rings (SSSR count). The Hall–Kier alpha value is -0.850. The second kappa shape index (κ2) is 5.20. The summed E-state index contributed by atoms with van der Waals surface area (Å²) in [5.41, 5.74) is 0.817. The van der Waals surface area contributed by atoms with Gasteiger partial charge in [0.1, 0.15) is 5.02 Å². The Labute approximate surface area is 115 Å². The molecule has 7 heteroatoms. The van der Waals surface area contributed by atoms with Gasteiger partial charge in [0.25, 0.3) is 5.56 Å². The van der Waals surface area contributed by atoms with Crippen molar-refractivity contribution in [3.05, 3.63) is 42.5 Å². The Kier molecular flexibility index (Phi) is 3.86. The lowest BCUT2D eigenvalue weighted by atomic mass is 10.3. The van der Waals surface area contributed by atoms with Crippen LogP contribution in [-0.4, -0.2) is 17.0 Å². The first kappa shape index (κ1) is 12.6. The van der Waals surface area contributed by atoms with Gasteiger partial charge in [-0.2, -0.15) is 0 Å². The SMILES string of the molecule is CN(Cc1csc(Br)c1)c1nc[nH]c(=O)c1Cl. The summed E-state index contributed by atoms with van der Waals surface area (Å²) in [5, 5.41) is 2.16. The van der Waals surface area contributed by atoms with Crippen molar-refractivity contribution in [1.29, 1.82) is 0 Å².